The number of methoxy groups -OCH3 is 2. The van der Waals surface area contributed by atoms with Crippen molar-refractivity contribution in [3.63, 3.8) is 0 Å². The van der Waals surface area contributed by atoms with E-state index in [-0.39, 0.29) is 17.9 Å². The Labute approximate surface area is 174 Å². The maximum Gasteiger partial charge on any atom is 0.223 e. The van der Waals surface area contributed by atoms with Crippen LogP contribution in [-0.4, -0.2) is 33.2 Å². The lowest BCUT2D eigenvalue weighted by Gasteiger charge is -2.33. The van der Waals surface area contributed by atoms with E-state index < -0.39 is 0 Å². The number of anilines is 1. The molecule has 2 aromatic carbocycles. The highest BCUT2D eigenvalue weighted by Gasteiger charge is 2.27. The van der Waals surface area contributed by atoms with E-state index in [0.29, 0.717) is 11.5 Å². The van der Waals surface area contributed by atoms with Gasteiger partial charge in [-0.1, -0.05) is 30.7 Å². The molecule has 0 unspecified atom stereocenters. The summed E-state index contributed by atoms with van der Waals surface area (Å²) in [6.45, 7) is 6.01. The Kier molecular flexibility index (Phi) is 7.02. The molecular formula is C24H32N2O3. The summed E-state index contributed by atoms with van der Waals surface area (Å²) in [6, 6.07) is 14.4. The number of rotatable bonds is 7. The van der Waals surface area contributed by atoms with Crippen molar-refractivity contribution in [3.8, 4) is 11.5 Å². The standard InChI is InChI=1S/C24H32N2O3/c1-5-21(19-8-11-22(28-3)23(16-19)29-4)25-24(27)18-12-14-26(15-13-18)20-9-6-17(2)7-10-20/h6-11,16,18,21H,5,12-15H2,1-4H3,(H,25,27)/t21-/m1/s1. The molecule has 29 heavy (non-hydrogen) atoms. The molecule has 1 aliphatic heterocycles. The third kappa shape index (κ3) is 5.03. The number of nitrogens with zero attached hydrogens (tertiary/aromatic N) is 1. The third-order valence-corrected chi connectivity index (χ3v) is 5.80. The second-order valence-electron chi connectivity index (χ2n) is 7.68. The number of piperidine rings is 1. The Balaban J connectivity index is 1.60. The predicted octanol–water partition coefficient (Wildman–Crippen LogP) is 4.50. The number of benzene rings is 2. The van der Waals surface area contributed by atoms with Crippen molar-refractivity contribution in [3.05, 3.63) is 53.6 Å². The fraction of sp³-hybridized carbons (Fsp3) is 0.458. The molecule has 0 spiro atoms. The zero-order chi connectivity index (χ0) is 20.8. The highest BCUT2D eigenvalue weighted by Crippen LogP contribution is 2.31. The molecule has 0 aliphatic carbocycles. The molecule has 156 valence electrons. The lowest BCUT2D eigenvalue weighted by Crippen LogP contribution is -2.41. The van der Waals surface area contributed by atoms with Crippen LogP contribution in [0.3, 0.4) is 0 Å². The highest BCUT2D eigenvalue weighted by atomic mass is 16.5. The highest BCUT2D eigenvalue weighted by molar-refractivity contribution is 5.79. The molecule has 1 N–H and O–H groups in total. The molecule has 1 heterocycles. The summed E-state index contributed by atoms with van der Waals surface area (Å²) in [4.78, 5) is 15.3. The molecule has 1 aliphatic rings. The third-order valence-electron chi connectivity index (χ3n) is 5.80. The van der Waals surface area contributed by atoms with Gasteiger partial charge in [0.1, 0.15) is 0 Å². The first-order valence-corrected chi connectivity index (χ1v) is 10.4. The Hall–Kier alpha value is -2.69. The van der Waals surface area contributed by atoms with Crippen LogP contribution in [0.1, 0.15) is 43.4 Å². The molecule has 1 amide bonds. The molecule has 5 nitrogen and oxygen atoms in total. The van der Waals surface area contributed by atoms with Crippen molar-refractivity contribution in [2.45, 2.75) is 39.2 Å². The zero-order valence-electron chi connectivity index (χ0n) is 17.9. The first-order chi connectivity index (χ1) is 14.0. The van der Waals surface area contributed by atoms with Crippen molar-refractivity contribution in [2.24, 2.45) is 5.92 Å². The van der Waals surface area contributed by atoms with Gasteiger partial charge >= 0.3 is 0 Å². The van der Waals surface area contributed by atoms with Crippen molar-refractivity contribution in [1.29, 1.82) is 0 Å². The van der Waals surface area contributed by atoms with Gasteiger partial charge < -0.3 is 19.7 Å². The summed E-state index contributed by atoms with van der Waals surface area (Å²) in [6.07, 6.45) is 2.58. The van der Waals surface area contributed by atoms with E-state index in [1.54, 1.807) is 14.2 Å². The largest absolute Gasteiger partial charge is 0.493 e. The average molecular weight is 397 g/mol. The summed E-state index contributed by atoms with van der Waals surface area (Å²) in [5.74, 6) is 1.59. The summed E-state index contributed by atoms with van der Waals surface area (Å²) < 4.78 is 10.7. The van der Waals surface area contributed by atoms with Crippen LogP contribution in [0, 0.1) is 12.8 Å². The molecule has 0 aromatic heterocycles. The second-order valence-corrected chi connectivity index (χ2v) is 7.68. The SMILES string of the molecule is CC[C@@H](NC(=O)C1CCN(c2ccc(C)cc2)CC1)c1ccc(OC)c(OC)c1. The lowest BCUT2D eigenvalue weighted by molar-refractivity contribution is -0.126. The molecule has 1 saturated heterocycles. The van der Waals surface area contributed by atoms with Gasteiger partial charge in [0.2, 0.25) is 5.91 Å². The van der Waals surface area contributed by atoms with Gasteiger partial charge in [-0.15, -0.1) is 0 Å². The molecule has 0 saturated carbocycles. The number of ether oxygens (including phenoxy) is 2. The first kappa shape index (κ1) is 21.0. The number of aryl methyl sites for hydroxylation is 1. The van der Waals surface area contributed by atoms with Crippen molar-refractivity contribution >= 4 is 11.6 Å². The Morgan fingerprint density at radius 1 is 1.07 bits per heavy atom. The van der Waals surface area contributed by atoms with E-state index in [0.717, 1.165) is 37.9 Å². The Bertz CT molecular complexity index is 811. The van der Waals surface area contributed by atoms with E-state index in [2.05, 4.69) is 48.3 Å². The van der Waals surface area contributed by atoms with Crippen LogP contribution in [0.2, 0.25) is 0 Å². The number of hydrogen-bond acceptors (Lipinski definition) is 4. The van der Waals surface area contributed by atoms with Gasteiger partial charge in [-0.3, -0.25) is 4.79 Å². The van der Waals surface area contributed by atoms with Crippen molar-refractivity contribution in [2.75, 3.05) is 32.2 Å². The Morgan fingerprint density at radius 2 is 1.72 bits per heavy atom. The molecule has 0 radical (unpaired) electrons. The van der Waals surface area contributed by atoms with Gasteiger partial charge in [0.15, 0.2) is 11.5 Å². The topological polar surface area (TPSA) is 50.8 Å². The van der Waals surface area contributed by atoms with E-state index in [1.165, 1.54) is 11.3 Å². The van der Waals surface area contributed by atoms with Gasteiger partial charge in [0.25, 0.3) is 0 Å². The number of hydrogen-bond donors (Lipinski definition) is 1. The fourth-order valence-corrected chi connectivity index (χ4v) is 3.94. The molecule has 2 aromatic rings. The maximum absolute atomic E-state index is 12.9. The van der Waals surface area contributed by atoms with Crippen LogP contribution in [0.4, 0.5) is 5.69 Å². The van der Waals surface area contributed by atoms with Gasteiger partial charge in [-0.2, -0.15) is 0 Å². The molecular weight excluding hydrogens is 364 g/mol. The Morgan fingerprint density at radius 3 is 2.31 bits per heavy atom. The number of nitrogens with one attached hydrogen (secondary N) is 1. The van der Waals surface area contributed by atoms with Gasteiger partial charge in [-0.25, -0.2) is 0 Å². The smallest absolute Gasteiger partial charge is 0.223 e. The minimum Gasteiger partial charge on any atom is -0.493 e. The minimum atomic E-state index is -0.0302. The van der Waals surface area contributed by atoms with Gasteiger partial charge in [0, 0.05) is 24.7 Å². The van der Waals surface area contributed by atoms with E-state index in [1.807, 2.05) is 18.2 Å². The monoisotopic (exact) mass is 396 g/mol. The quantitative estimate of drug-likeness (QED) is 0.749. The molecule has 0 bridgehead atoms. The minimum absolute atomic E-state index is 0.0302. The predicted molar refractivity (Wildman–Crippen MR) is 117 cm³/mol. The van der Waals surface area contributed by atoms with Gasteiger partial charge in [0.05, 0.1) is 20.3 Å². The lowest BCUT2D eigenvalue weighted by atomic mass is 9.94. The van der Waals surface area contributed by atoms with Crippen LogP contribution < -0.4 is 19.7 Å². The van der Waals surface area contributed by atoms with Crippen molar-refractivity contribution < 1.29 is 14.3 Å². The van der Waals surface area contributed by atoms with Crippen molar-refractivity contribution in [1.82, 2.24) is 5.32 Å². The number of carbonyl (C=O) groups is 1. The first-order valence-electron chi connectivity index (χ1n) is 10.4. The molecule has 1 atom stereocenters. The molecule has 3 rings (SSSR count). The molecule has 1 fully saturated rings. The summed E-state index contributed by atoms with van der Waals surface area (Å²) >= 11 is 0. The summed E-state index contributed by atoms with van der Waals surface area (Å²) in [5.41, 5.74) is 3.55. The van der Waals surface area contributed by atoms with Crippen LogP contribution in [0.15, 0.2) is 42.5 Å². The second kappa shape index (κ2) is 9.68. The zero-order valence-corrected chi connectivity index (χ0v) is 17.9. The maximum atomic E-state index is 12.9. The van der Waals surface area contributed by atoms with Crippen LogP contribution >= 0.6 is 0 Å². The number of carbonyl (C=O) groups excluding carboxylic acids is 1. The normalized spacial score (nSPS) is 15.7. The molecule has 5 heteroatoms. The van der Waals surface area contributed by atoms with Crippen LogP contribution in [0.25, 0.3) is 0 Å². The van der Waals surface area contributed by atoms with Gasteiger partial charge in [-0.05, 0) is 56.0 Å². The van der Waals surface area contributed by atoms with Crippen LogP contribution in [0.5, 0.6) is 11.5 Å². The average Bonchev–Trinajstić information content (AvgIpc) is 2.77. The summed E-state index contributed by atoms with van der Waals surface area (Å²) in [5, 5.41) is 3.25. The van der Waals surface area contributed by atoms with E-state index >= 15 is 0 Å². The van der Waals surface area contributed by atoms with E-state index in [4.69, 9.17) is 9.47 Å². The van der Waals surface area contributed by atoms with Crippen LogP contribution in [-0.2, 0) is 4.79 Å². The number of amides is 1. The fourth-order valence-electron chi connectivity index (χ4n) is 3.94. The van der Waals surface area contributed by atoms with E-state index in [9.17, 15) is 4.79 Å². The summed E-state index contributed by atoms with van der Waals surface area (Å²) in [7, 11) is 3.25.